The number of aliphatic hydroxyl groups is 1. The number of rotatable bonds is 2. The number of nitrogens with zero attached hydrogens (tertiary/aromatic N) is 1. The molecule has 1 fully saturated rings. The van der Waals surface area contributed by atoms with Gasteiger partial charge in [-0.3, -0.25) is 4.79 Å². The topological polar surface area (TPSA) is 66.6 Å². The van der Waals surface area contributed by atoms with Crippen molar-refractivity contribution in [2.75, 3.05) is 25.4 Å². The Morgan fingerprint density at radius 3 is 2.81 bits per heavy atom. The summed E-state index contributed by atoms with van der Waals surface area (Å²) >= 11 is 7.41. The number of hydrogen-bond donors (Lipinski definition) is 2. The number of carbonyl (C=O) groups is 1. The Morgan fingerprint density at radius 1 is 1.43 bits per heavy atom. The van der Waals surface area contributed by atoms with Gasteiger partial charge in [-0.2, -0.15) is 0 Å². The van der Waals surface area contributed by atoms with Gasteiger partial charge >= 0.3 is 0 Å². The predicted octanol–water partition coefficient (Wildman–Crippen LogP) is 2.98. The van der Waals surface area contributed by atoms with Gasteiger partial charge in [-0.25, -0.2) is 0 Å². The molecular formula is C15H17ClN2O2S. The van der Waals surface area contributed by atoms with Crippen molar-refractivity contribution >= 4 is 44.6 Å². The van der Waals surface area contributed by atoms with Crippen LogP contribution in [-0.4, -0.2) is 35.6 Å². The second-order valence-corrected chi connectivity index (χ2v) is 6.89. The first-order chi connectivity index (χ1) is 10.1. The van der Waals surface area contributed by atoms with E-state index in [4.69, 9.17) is 22.4 Å². The maximum atomic E-state index is 12.6. The first kappa shape index (κ1) is 14.6. The van der Waals surface area contributed by atoms with Crippen molar-refractivity contribution in [3.63, 3.8) is 0 Å². The predicted molar refractivity (Wildman–Crippen MR) is 87.0 cm³/mol. The van der Waals surface area contributed by atoms with Crippen LogP contribution in [0.1, 0.15) is 22.5 Å². The molecule has 0 aliphatic carbocycles. The van der Waals surface area contributed by atoms with Gasteiger partial charge in [0.15, 0.2) is 0 Å². The van der Waals surface area contributed by atoms with Gasteiger partial charge in [0.25, 0.3) is 5.91 Å². The number of halogens is 1. The van der Waals surface area contributed by atoms with Gasteiger partial charge in [0.05, 0.1) is 5.69 Å². The van der Waals surface area contributed by atoms with Crippen LogP contribution in [0.2, 0.25) is 5.02 Å². The Bertz CT molecular complexity index is 678. The molecule has 2 heterocycles. The largest absolute Gasteiger partial charge is 0.397 e. The van der Waals surface area contributed by atoms with Crippen molar-refractivity contribution in [2.24, 2.45) is 5.92 Å². The molecule has 0 bridgehead atoms. The van der Waals surface area contributed by atoms with Crippen molar-refractivity contribution in [3.8, 4) is 0 Å². The molecule has 1 aliphatic rings. The molecule has 1 aliphatic heterocycles. The first-order valence-electron chi connectivity index (χ1n) is 6.98. The zero-order chi connectivity index (χ0) is 15.0. The van der Waals surface area contributed by atoms with Gasteiger partial charge in [0.1, 0.15) is 4.88 Å². The van der Waals surface area contributed by atoms with Gasteiger partial charge in [-0.15, -0.1) is 11.3 Å². The molecule has 0 spiro atoms. The minimum atomic E-state index is -0.0128. The fourth-order valence-electron chi connectivity index (χ4n) is 2.71. The number of amides is 1. The summed E-state index contributed by atoms with van der Waals surface area (Å²) in [5.41, 5.74) is 6.65. The zero-order valence-electron chi connectivity index (χ0n) is 11.5. The highest BCUT2D eigenvalue weighted by Crippen LogP contribution is 2.36. The third-order valence-corrected chi connectivity index (χ3v) is 5.45. The van der Waals surface area contributed by atoms with Crippen LogP contribution in [0, 0.1) is 5.92 Å². The van der Waals surface area contributed by atoms with E-state index in [9.17, 15) is 4.79 Å². The highest BCUT2D eigenvalue weighted by Gasteiger charge is 2.26. The highest BCUT2D eigenvalue weighted by molar-refractivity contribution is 7.21. The van der Waals surface area contributed by atoms with Crippen LogP contribution in [0.4, 0.5) is 5.69 Å². The fraction of sp³-hybridized carbons (Fsp3) is 0.400. The van der Waals surface area contributed by atoms with Crippen molar-refractivity contribution in [1.29, 1.82) is 0 Å². The molecule has 1 saturated heterocycles. The summed E-state index contributed by atoms with van der Waals surface area (Å²) in [5, 5.41) is 10.6. The van der Waals surface area contributed by atoms with E-state index >= 15 is 0 Å². The Morgan fingerprint density at radius 2 is 2.14 bits per heavy atom. The van der Waals surface area contributed by atoms with Crippen LogP contribution in [-0.2, 0) is 0 Å². The van der Waals surface area contributed by atoms with E-state index in [2.05, 4.69) is 0 Å². The van der Waals surface area contributed by atoms with Crippen molar-refractivity contribution < 1.29 is 9.90 Å². The average molecular weight is 325 g/mol. The van der Waals surface area contributed by atoms with Gasteiger partial charge in [0, 0.05) is 34.8 Å². The van der Waals surface area contributed by atoms with Crippen LogP contribution in [0.3, 0.4) is 0 Å². The number of carbonyl (C=O) groups excluding carboxylic acids is 1. The molecule has 4 nitrogen and oxygen atoms in total. The maximum Gasteiger partial charge on any atom is 0.266 e. The molecule has 0 atom stereocenters. The molecule has 1 aromatic heterocycles. The van der Waals surface area contributed by atoms with Crippen LogP contribution in [0.15, 0.2) is 18.2 Å². The summed E-state index contributed by atoms with van der Waals surface area (Å²) in [7, 11) is 0. The van der Waals surface area contributed by atoms with Crippen molar-refractivity contribution in [3.05, 3.63) is 28.1 Å². The average Bonchev–Trinajstić information content (AvgIpc) is 2.83. The smallest absolute Gasteiger partial charge is 0.266 e. The van der Waals surface area contributed by atoms with Gasteiger partial charge < -0.3 is 15.7 Å². The Balaban J connectivity index is 1.87. The second kappa shape index (κ2) is 5.83. The normalized spacial score (nSPS) is 16.6. The van der Waals surface area contributed by atoms with E-state index in [1.54, 1.807) is 12.1 Å². The molecule has 0 unspecified atom stereocenters. The van der Waals surface area contributed by atoms with E-state index < -0.39 is 0 Å². The molecule has 0 radical (unpaired) electrons. The molecule has 6 heteroatoms. The summed E-state index contributed by atoms with van der Waals surface area (Å²) in [4.78, 5) is 15.1. The van der Waals surface area contributed by atoms with Gasteiger partial charge in [-0.05, 0) is 37.0 Å². The number of anilines is 1. The molecule has 3 rings (SSSR count). The van der Waals surface area contributed by atoms with E-state index in [-0.39, 0.29) is 12.5 Å². The Labute approximate surface area is 132 Å². The number of nitrogen functional groups attached to an aromatic ring is 1. The number of thiophene rings is 1. The highest BCUT2D eigenvalue weighted by atomic mass is 35.5. The summed E-state index contributed by atoms with van der Waals surface area (Å²) in [6, 6.07) is 5.51. The fourth-order valence-corrected chi connectivity index (χ4v) is 3.95. The van der Waals surface area contributed by atoms with E-state index in [1.165, 1.54) is 11.3 Å². The second-order valence-electron chi connectivity index (χ2n) is 5.40. The minimum Gasteiger partial charge on any atom is -0.397 e. The van der Waals surface area contributed by atoms with Gasteiger partial charge in [0.2, 0.25) is 0 Å². The molecule has 0 saturated carbocycles. The monoisotopic (exact) mass is 324 g/mol. The Hall–Kier alpha value is -1.30. The lowest BCUT2D eigenvalue weighted by molar-refractivity contribution is 0.0656. The number of aliphatic hydroxyl groups excluding tert-OH is 1. The standard InChI is InChI=1S/C15H17ClN2O2S/c16-10-1-2-12-11(7-10)13(17)14(21-12)15(20)18-5-3-9(8-19)4-6-18/h1-2,7,9,19H,3-6,8,17H2. The number of fused-ring (bicyclic) bond motifs is 1. The molecule has 3 N–H and O–H groups in total. The third kappa shape index (κ3) is 2.73. The number of piperidine rings is 1. The van der Waals surface area contributed by atoms with Crippen LogP contribution < -0.4 is 5.73 Å². The number of benzene rings is 1. The molecule has 1 amide bonds. The van der Waals surface area contributed by atoms with Crippen molar-refractivity contribution in [1.82, 2.24) is 4.90 Å². The SMILES string of the molecule is Nc1c(C(=O)N2CCC(CO)CC2)sc2ccc(Cl)cc12. The third-order valence-electron chi connectivity index (χ3n) is 4.04. The van der Waals surface area contributed by atoms with Gasteiger partial charge in [-0.1, -0.05) is 11.6 Å². The zero-order valence-corrected chi connectivity index (χ0v) is 13.1. The summed E-state index contributed by atoms with van der Waals surface area (Å²) < 4.78 is 0.977. The van der Waals surface area contributed by atoms with Crippen LogP contribution in [0.5, 0.6) is 0 Å². The van der Waals surface area contributed by atoms with E-state index in [1.807, 2.05) is 11.0 Å². The van der Waals surface area contributed by atoms with Crippen LogP contribution >= 0.6 is 22.9 Å². The number of likely N-dealkylation sites (tertiary alicyclic amines) is 1. The molecule has 21 heavy (non-hydrogen) atoms. The Kier molecular flexibility index (Phi) is 4.06. The summed E-state index contributed by atoms with van der Waals surface area (Å²) in [5.74, 6) is 0.300. The molecule has 2 aromatic rings. The van der Waals surface area contributed by atoms with E-state index in [0.717, 1.165) is 22.9 Å². The van der Waals surface area contributed by atoms with Crippen molar-refractivity contribution in [2.45, 2.75) is 12.8 Å². The maximum absolute atomic E-state index is 12.6. The number of nitrogens with two attached hydrogens (primary N) is 1. The molecule has 112 valence electrons. The number of hydrogen-bond acceptors (Lipinski definition) is 4. The van der Waals surface area contributed by atoms with E-state index in [0.29, 0.717) is 34.6 Å². The van der Waals surface area contributed by atoms with Crippen LogP contribution in [0.25, 0.3) is 10.1 Å². The molecular weight excluding hydrogens is 308 g/mol. The molecule has 1 aromatic carbocycles. The lowest BCUT2D eigenvalue weighted by atomic mass is 9.98. The first-order valence-corrected chi connectivity index (χ1v) is 8.17. The minimum absolute atomic E-state index is 0.0128. The summed E-state index contributed by atoms with van der Waals surface area (Å²) in [6.45, 7) is 1.56. The summed E-state index contributed by atoms with van der Waals surface area (Å²) in [6.07, 6.45) is 1.69. The lowest BCUT2D eigenvalue weighted by Gasteiger charge is -2.30. The lowest BCUT2D eigenvalue weighted by Crippen LogP contribution is -2.39. The quantitative estimate of drug-likeness (QED) is 0.892.